The van der Waals surface area contributed by atoms with Crippen LogP contribution in [-0.2, 0) is 23.3 Å². The van der Waals surface area contributed by atoms with Crippen LogP contribution in [0.2, 0.25) is 0 Å². The summed E-state index contributed by atoms with van der Waals surface area (Å²) in [5, 5.41) is 8.11. The van der Waals surface area contributed by atoms with Gasteiger partial charge in [0.05, 0.1) is 11.1 Å². The number of carbonyl (C=O) groups excluding carboxylic acids is 1. The van der Waals surface area contributed by atoms with Gasteiger partial charge in [-0.2, -0.15) is 0 Å². The van der Waals surface area contributed by atoms with Crippen LogP contribution < -0.4 is 10.6 Å². The van der Waals surface area contributed by atoms with Crippen LogP contribution in [0, 0.1) is 24.7 Å². The van der Waals surface area contributed by atoms with Gasteiger partial charge in [0.15, 0.2) is 0 Å². The lowest BCUT2D eigenvalue weighted by Gasteiger charge is -2.28. The second-order valence-electron chi connectivity index (χ2n) is 8.67. The number of fused-ring (bicyclic) bond motifs is 4. The number of benzene rings is 1. The average molecular weight is 337 g/mol. The Labute approximate surface area is 149 Å². The maximum Gasteiger partial charge on any atom is 0.224 e. The molecule has 2 aromatic rings. The van der Waals surface area contributed by atoms with Gasteiger partial charge in [0.25, 0.3) is 0 Å². The first-order chi connectivity index (χ1) is 12.0. The van der Waals surface area contributed by atoms with E-state index < -0.39 is 0 Å². The van der Waals surface area contributed by atoms with Gasteiger partial charge in [-0.25, -0.2) is 0 Å². The van der Waals surface area contributed by atoms with Gasteiger partial charge in [0.1, 0.15) is 0 Å². The molecule has 1 saturated heterocycles. The molecule has 2 N–H and O–H groups in total. The maximum absolute atomic E-state index is 12.9. The molecule has 1 aromatic carbocycles. The zero-order valence-electron chi connectivity index (χ0n) is 15.4. The standard InChI is InChI=1S/C21H27N3O/c1-12-6-4-7-13-18(16-8-5-9-24(16)19(12)13)21(2,3)23-20(25)17-14-10-22-11-15(14)17/h4,6-7,14-15,17,22H,5,8-11H2,1-3H3,(H,23,25)/t14-,15+,17?. The maximum atomic E-state index is 12.9. The van der Waals surface area contributed by atoms with Crippen LogP contribution in [0.1, 0.15) is 37.1 Å². The number of nitrogens with one attached hydrogen (secondary N) is 2. The van der Waals surface area contributed by atoms with E-state index in [2.05, 4.69) is 54.2 Å². The highest BCUT2D eigenvalue weighted by molar-refractivity contribution is 5.91. The zero-order valence-corrected chi connectivity index (χ0v) is 15.4. The highest BCUT2D eigenvalue weighted by Crippen LogP contribution is 2.49. The molecule has 2 aliphatic heterocycles. The van der Waals surface area contributed by atoms with E-state index in [-0.39, 0.29) is 17.4 Å². The Hall–Kier alpha value is -1.81. The lowest BCUT2D eigenvalue weighted by Crippen LogP contribution is -2.43. The fourth-order valence-corrected chi connectivity index (χ4v) is 5.51. The lowest BCUT2D eigenvalue weighted by atomic mass is 9.89. The van der Waals surface area contributed by atoms with Gasteiger partial charge < -0.3 is 15.2 Å². The molecular formula is C21H27N3O. The largest absolute Gasteiger partial charge is 0.347 e. The topological polar surface area (TPSA) is 46.1 Å². The molecule has 25 heavy (non-hydrogen) atoms. The summed E-state index contributed by atoms with van der Waals surface area (Å²) < 4.78 is 2.49. The third-order valence-corrected chi connectivity index (χ3v) is 6.64. The number of para-hydroxylation sites is 1. The number of carbonyl (C=O) groups is 1. The molecule has 0 radical (unpaired) electrons. The molecule has 132 valence electrons. The fraction of sp³-hybridized carbons (Fsp3) is 0.571. The summed E-state index contributed by atoms with van der Waals surface area (Å²) in [5.41, 5.74) is 5.11. The number of amides is 1. The minimum absolute atomic E-state index is 0.226. The van der Waals surface area contributed by atoms with Crippen LogP contribution in [0.3, 0.4) is 0 Å². The third-order valence-electron chi connectivity index (χ3n) is 6.64. The second-order valence-corrected chi connectivity index (χ2v) is 8.67. The van der Waals surface area contributed by atoms with Crippen molar-refractivity contribution in [3.05, 3.63) is 35.0 Å². The monoisotopic (exact) mass is 337 g/mol. The van der Waals surface area contributed by atoms with Crippen molar-refractivity contribution in [1.82, 2.24) is 15.2 Å². The normalized spacial score (nSPS) is 27.4. The van der Waals surface area contributed by atoms with Crippen molar-refractivity contribution < 1.29 is 4.79 Å². The predicted molar refractivity (Wildman–Crippen MR) is 99.5 cm³/mol. The minimum atomic E-state index is -0.335. The van der Waals surface area contributed by atoms with Gasteiger partial charge in [0.2, 0.25) is 5.91 Å². The average Bonchev–Trinajstić information content (AvgIpc) is 2.94. The molecule has 3 atom stereocenters. The van der Waals surface area contributed by atoms with E-state index in [1.165, 1.54) is 34.1 Å². The summed E-state index contributed by atoms with van der Waals surface area (Å²) in [6.07, 6.45) is 2.32. The van der Waals surface area contributed by atoms with E-state index in [1.807, 2.05) is 0 Å². The van der Waals surface area contributed by atoms with Crippen LogP contribution in [0.25, 0.3) is 10.9 Å². The highest BCUT2D eigenvalue weighted by Gasteiger charge is 2.57. The summed E-state index contributed by atoms with van der Waals surface area (Å²) in [5.74, 6) is 1.61. The van der Waals surface area contributed by atoms with Crippen LogP contribution >= 0.6 is 0 Å². The molecule has 5 rings (SSSR count). The van der Waals surface area contributed by atoms with Crippen LogP contribution in [0.4, 0.5) is 0 Å². The van der Waals surface area contributed by atoms with Crippen molar-refractivity contribution in [2.45, 2.75) is 45.7 Å². The van der Waals surface area contributed by atoms with E-state index in [0.29, 0.717) is 11.8 Å². The van der Waals surface area contributed by atoms with Gasteiger partial charge in [-0.1, -0.05) is 18.2 Å². The van der Waals surface area contributed by atoms with Crippen molar-refractivity contribution >= 4 is 16.8 Å². The number of aryl methyl sites for hydroxylation is 2. The van der Waals surface area contributed by atoms with Crippen LogP contribution in [-0.4, -0.2) is 23.6 Å². The fourth-order valence-electron chi connectivity index (χ4n) is 5.51. The smallest absolute Gasteiger partial charge is 0.224 e. The molecule has 4 nitrogen and oxygen atoms in total. The van der Waals surface area contributed by atoms with Crippen molar-refractivity contribution in [2.75, 3.05) is 13.1 Å². The SMILES string of the molecule is Cc1cccc2c(C(C)(C)NC(=O)C3[C@H]4CNC[C@@H]34)c3n(c12)CCC3. The van der Waals surface area contributed by atoms with Crippen molar-refractivity contribution in [2.24, 2.45) is 17.8 Å². The molecule has 3 heterocycles. The Kier molecular flexibility index (Phi) is 3.15. The third kappa shape index (κ3) is 2.13. The molecule has 1 unspecified atom stereocenters. The van der Waals surface area contributed by atoms with Gasteiger partial charge >= 0.3 is 0 Å². The summed E-state index contributed by atoms with van der Waals surface area (Å²) >= 11 is 0. The van der Waals surface area contributed by atoms with Gasteiger partial charge in [-0.15, -0.1) is 0 Å². The number of rotatable bonds is 3. The number of nitrogens with zero attached hydrogens (tertiary/aromatic N) is 1. The quantitative estimate of drug-likeness (QED) is 0.905. The second kappa shape index (κ2) is 5.10. The van der Waals surface area contributed by atoms with E-state index in [4.69, 9.17) is 0 Å². The molecule has 1 amide bonds. The van der Waals surface area contributed by atoms with Crippen molar-refractivity contribution in [3.8, 4) is 0 Å². The van der Waals surface area contributed by atoms with Gasteiger partial charge in [-0.3, -0.25) is 4.79 Å². The van der Waals surface area contributed by atoms with E-state index in [0.717, 1.165) is 26.1 Å². The van der Waals surface area contributed by atoms with Gasteiger partial charge in [-0.05, 0) is 64.1 Å². The molecule has 0 spiro atoms. The van der Waals surface area contributed by atoms with Crippen molar-refractivity contribution in [1.29, 1.82) is 0 Å². The Morgan fingerprint density at radius 2 is 2.04 bits per heavy atom. The van der Waals surface area contributed by atoms with Crippen LogP contribution in [0.15, 0.2) is 18.2 Å². The Morgan fingerprint density at radius 3 is 2.80 bits per heavy atom. The van der Waals surface area contributed by atoms with Crippen LogP contribution in [0.5, 0.6) is 0 Å². The molecule has 0 bridgehead atoms. The van der Waals surface area contributed by atoms with Crippen molar-refractivity contribution in [3.63, 3.8) is 0 Å². The Morgan fingerprint density at radius 1 is 1.28 bits per heavy atom. The zero-order chi connectivity index (χ0) is 17.3. The minimum Gasteiger partial charge on any atom is -0.347 e. The number of hydrogen-bond donors (Lipinski definition) is 2. The summed E-state index contributed by atoms with van der Waals surface area (Å²) in [7, 11) is 0. The van der Waals surface area contributed by atoms with E-state index >= 15 is 0 Å². The molecule has 1 saturated carbocycles. The first-order valence-electron chi connectivity index (χ1n) is 9.63. The van der Waals surface area contributed by atoms with E-state index in [1.54, 1.807) is 0 Å². The number of hydrogen-bond acceptors (Lipinski definition) is 2. The lowest BCUT2D eigenvalue weighted by molar-refractivity contribution is -0.124. The molecule has 2 fully saturated rings. The molecule has 1 aromatic heterocycles. The molecule has 1 aliphatic carbocycles. The molecule has 4 heteroatoms. The van der Waals surface area contributed by atoms with E-state index in [9.17, 15) is 4.79 Å². The summed E-state index contributed by atoms with van der Waals surface area (Å²) in [6, 6.07) is 6.57. The molecule has 3 aliphatic rings. The van der Waals surface area contributed by atoms with Gasteiger partial charge in [0, 0.05) is 29.1 Å². The Balaban J connectivity index is 1.54. The molecular weight excluding hydrogens is 310 g/mol. The predicted octanol–water partition coefficient (Wildman–Crippen LogP) is 2.71. The first kappa shape index (κ1) is 15.4. The summed E-state index contributed by atoms with van der Waals surface area (Å²) in [4.78, 5) is 12.9. The number of aromatic nitrogens is 1. The highest BCUT2D eigenvalue weighted by atomic mass is 16.2. The summed E-state index contributed by atoms with van der Waals surface area (Å²) in [6.45, 7) is 9.66. The Bertz CT molecular complexity index is 869. The first-order valence-corrected chi connectivity index (χ1v) is 9.63. The number of piperidine rings is 1.